The summed E-state index contributed by atoms with van der Waals surface area (Å²) in [7, 11) is 0. The van der Waals surface area contributed by atoms with Crippen LogP contribution in [0.2, 0.25) is 0 Å². The zero-order valence-corrected chi connectivity index (χ0v) is 16.8. The standard InChI is InChI=1S/C19H23N5O4S/c1-13(25)28-23-8-6-16(7-9-23)24(11-18(26)27)19-22-17(12-29-19)15-4-2-14(3-5-15)10-21-20/h2-5,10,12,16H,6-9,11,20H2,1H3,(H,26,27). The maximum atomic E-state index is 11.4. The van der Waals surface area contributed by atoms with Crippen LogP contribution in [0.25, 0.3) is 11.3 Å². The smallest absolute Gasteiger partial charge is 0.323 e. The SMILES string of the molecule is CC(=O)ON1CCC(N(CC(=O)O)c2nc(-c3ccc(C=NN)cc3)cs2)CC1. The Bertz CT molecular complexity index is 875. The van der Waals surface area contributed by atoms with Crippen molar-refractivity contribution in [2.45, 2.75) is 25.8 Å². The average Bonchev–Trinajstić information content (AvgIpc) is 3.17. The van der Waals surface area contributed by atoms with Gasteiger partial charge in [0.25, 0.3) is 0 Å². The highest BCUT2D eigenvalue weighted by Crippen LogP contribution is 2.31. The van der Waals surface area contributed by atoms with Crippen LogP contribution in [0.5, 0.6) is 0 Å². The zero-order valence-electron chi connectivity index (χ0n) is 16.0. The Kier molecular flexibility index (Phi) is 6.78. The number of nitrogens with zero attached hydrogens (tertiary/aromatic N) is 4. The van der Waals surface area contributed by atoms with Gasteiger partial charge in [-0.2, -0.15) is 5.10 Å². The third-order valence-electron chi connectivity index (χ3n) is 4.60. The summed E-state index contributed by atoms with van der Waals surface area (Å²) in [6.07, 6.45) is 2.93. The Labute approximate surface area is 172 Å². The Morgan fingerprint density at radius 1 is 1.38 bits per heavy atom. The minimum atomic E-state index is -0.908. The molecule has 2 heterocycles. The summed E-state index contributed by atoms with van der Waals surface area (Å²) in [5, 5.41) is 17.1. The predicted octanol–water partition coefficient (Wildman–Crippen LogP) is 1.94. The summed E-state index contributed by atoms with van der Waals surface area (Å²) < 4.78 is 0. The molecule has 9 nitrogen and oxygen atoms in total. The van der Waals surface area contributed by atoms with E-state index in [2.05, 4.69) is 10.1 Å². The molecule has 0 saturated carbocycles. The number of anilines is 1. The average molecular weight is 417 g/mol. The molecular formula is C19H23N5O4S. The minimum Gasteiger partial charge on any atom is -0.480 e. The number of hydrogen-bond acceptors (Lipinski definition) is 9. The van der Waals surface area contributed by atoms with Gasteiger partial charge in [0.1, 0.15) is 6.54 Å². The number of aromatic nitrogens is 1. The number of hydrogen-bond donors (Lipinski definition) is 2. The van der Waals surface area contributed by atoms with Crippen molar-refractivity contribution in [2.24, 2.45) is 10.9 Å². The largest absolute Gasteiger partial charge is 0.480 e. The molecule has 1 aliphatic heterocycles. The molecule has 1 aliphatic rings. The van der Waals surface area contributed by atoms with Crippen molar-refractivity contribution in [3.8, 4) is 11.3 Å². The van der Waals surface area contributed by atoms with Crippen molar-refractivity contribution in [3.63, 3.8) is 0 Å². The first-order valence-corrected chi connectivity index (χ1v) is 10.1. The number of rotatable bonds is 7. The monoisotopic (exact) mass is 417 g/mol. The first kappa shape index (κ1) is 20.7. The van der Waals surface area contributed by atoms with Crippen molar-refractivity contribution >= 4 is 34.6 Å². The number of carboxylic acids is 1. The van der Waals surface area contributed by atoms with Gasteiger partial charge < -0.3 is 20.7 Å². The highest BCUT2D eigenvalue weighted by Gasteiger charge is 2.29. The lowest BCUT2D eigenvalue weighted by Crippen LogP contribution is -2.47. The molecule has 0 radical (unpaired) electrons. The van der Waals surface area contributed by atoms with Gasteiger partial charge in [-0.15, -0.1) is 16.4 Å². The van der Waals surface area contributed by atoms with E-state index < -0.39 is 5.97 Å². The lowest BCUT2D eigenvalue weighted by atomic mass is 10.1. The lowest BCUT2D eigenvalue weighted by molar-refractivity contribution is -0.192. The highest BCUT2D eigenvalue weighted by molar-refractivity contribution is 7.14. The Morgan fingerprint density at radius 2 is 2.07 bits per heavy atom. The molecule has 0 atom stereocenters. The van der Waals surface area contributed by atoms with Crippen molar-refractivity contribution < 1.29 is 19.5 Å². The van der Waals surface area contributed by atoms with Crippen LogP contribution in [-0.4, -0.2) is 59.0 Å². The molecular weight excluding hydrogens is 394 g/mol. The number of thiazole rings is 1. The molecule has 0 amide bonds. The van der Waals surface area contributed by atoms with Crippen molar-refractivity contribution in [1.29, 1.82) is 0 Å². The molecule has 29 heavy (non-hydrogen) atoms. The Morgan fingerprint density at radius 3 is 2.66 bits per heavy atom. The van der Waals surface area contributed by atoms with Crippen molar-refractivity contribution in [3.05, 3.63) is 35.2 Å². The summed E-state index contributed by atoms with van der Waals surface area (Å²) in [5.41, 5.74) is 2.61. The normalized spacial score (nSPS) is 15.5. The predicted molar refractivity (Wildman–Crippen MR) is 111 cm³/mol. The Balaban J connectivity index is 1.74. The molecule has 3 N–H and O–H groups in total. The third kappa shape index (κ3) is 5.52. The van der Waals surface area contributed by atoms with E-state index in [9.17, 15) is 14.7 Å². The summed E-state index contributed by atoms with van der Waals surface area (Å²) in [5.74, 6) is 3.91. The fraction of sp³-hybridized carbons (Fsp3) is 0.368. The third-order valence-corrected chi connectivity index (χ3v) is 5.47. The van der Waals surface area contributed by atoms with Crippen molar-refractivity contribution in [2.75, 3.05) is 24.5 Å². The van der Waals surface area contributed by atoms with Gasteiger partial charge in [-0.25, -0.2) is 4.98 Å². The molecule has 0 spiro atoms. The first-order valence-electron chi connectivity index (χ1n) is 9.17. The van der Waals surface area contributed by atoms with Crippen LogP contribution < -0.4 is 10.7 Å². The van der Waals surface area contributed by atoms with Crippen LogP contribution >= 0.6 is 11.3 Å². The number of carbonyl (C=O) groups is 2. The number of benzene rings is 1. The molecule has 3 rings (SSSR count). The molecule has 1 aromatic heterocycles. The van der Waals surface area contributed by atoms with Gasteiger partial charge in [-0.05, 0) is 18.4 Å². The molecule has 0 unspecified atom stereocenters. The molecule has 0 bridgehead atoms. The van der Waals surface area contributed by atoms with E-state index >= 15 is 0 Å². The molecule has 1 aromatic carbocycles. The number of hydroxylamine groups is 2. The van der Waals surface area contributed by atoms with E-state index in [1.54, 1.807) is 11.3 Å². The first-order chi connectivity index (χ1) is 14.0. The zero-order chi connectivity index (χ0) is 20.8. The Hall–Kier alpha value is -2.98. The van der Waals surface area contributed by atoms with E-state index in [0.717, 1.165) is 16.8 Å². The maximum Gasteiger partial charge on any atom is 0.323 e. The maximum absolute atomic E-state index is 11.4. The fourth-order valence-corrected chi connectivity index (χ4v) is 4.19. The van der Waals surface area contributed by atoms with Gasteiger partial charge in [0.15, 0.2) is 5.13 Å². The number of hydrazone groups is 1. The number of nitrogens with two attached hydrogens (primary N) is 1. The second kappa shape index (κ2) is 9.48. The van der Waals surface area contributed by atoms with Crippen LogP contribution in [0.4, 0.5) is 5.13 Å². The van der Waals surface area contributed by atoms with Crippen LogP contribution in [0, 0.1) is 0 Å². The number of carboxylic acid groups (broad SMARTS) is 1. The van der Waals surface area contributed by atoms with Gasteiger partial charge in [0.05, 0.1) is 11.9 Å². The fourth-order valence-electron chi connectivity index (χ4n) is 3.28. The molecule has 2 aromatic rings. The number of aliphatic carboxylic acids is 1. The quantitative estimate of drug-likeness (QED) is 0.398. The molecule has 1 saturated heterocycles. The number of piperidine rings is 1. The second-order valence-electron chi connectivity index (χ2n) is 6.68. The van der Waals surface area contributed by atoms with Crippen LogP contribution in [0.1, 0.15) is 25.3 Å². The van der Waals surface area contributed by atoms with Gasteiger partial charge in [0.2, 0.25) is 0 Å². The lowest BCUT2D eigenvalue weighted by Gasteiger charge is -2.36. The highest BCUT2D eigenvalue weighted by atomic mass is 32.1. The van der Waals surface area contributed by atoms with Crippen LogP contribution in [-0.2, 0) is 14.4 Å². The van der Waals surface area contributed by atoms with Crippen LogP contribution in [0.15, 0.2) is 34.7 Å². The summed E-state index contributed by atoms with van der Waals surface area (Å²) in [6.45, 7) is 2.36. The van der Waals surface area contributed by atoms with E-state index in [1.165, 1.54) is 18.3 Å². The number of carbonyl (C=O) groups excluding carboxylic acids is 1. The molecule has 1 fully saturated rings. The van der Waals surface area contributed by atoms with Crippen molar-refractivity contribution in [1.82, 2.24) is 10.0 Å². The molecule has 0 aliphatic carbocycles. The summed E-state index contributed by atoms with van der Waals surface area (Å²) in [6, 6.07) is 7.65. The summed E-state index contributed by atoms with van der Waals surface area (Å²) >= 11 is 1.42. The second-order valence-corrected chi connectivity index (χ2v) is 7.52. The van der Waals surface area contributed by atoms with Gasteiger partial charge in [-0.1, -0.05) is 24.3 Å². The summed E-state index contributed by atoms with van der Waals surface area (Å²) in [4.78, 5) is 34.2. The van der Waals surface area contributed by atoms with Gasteiger partial charge >= 0.3 is 11.9 Å². The topological polar surface area (TPSA) is 121 Å². The van der Waals surface area contributed by atoms with E-state index in [4.69, 9.17) is 10.7 Å². The van der Waals surface area contributed by atoms with Crippen LogP contribution in [0.3, 0.4) is 0 Å². The van der Waals surface area contributed by atoms with Gasteiger partial charge in [0, 0.05) is 37.0 Å². The molecule has 10 heteroatoms. The van der Waals surface area contributed by atoms with E-state index in [-0.39, 0.29) is 18.6 Å². The van der Waals surface area contributed by atoms with E-state index in [1.807, 2.05) is 34.5 Å². The van der Waals surface area contributed by atoms with Gasteiger partial charge in [-0.3, -0.25) is 9.59 Å². The molecule has 154 valence electrons. The minimum absolute atomic E-state index is 0.0139. The van der Waals surface area contributed by atoms with E-state index in [0.29, 0.717) is 31.1 Å².